The number of aromatic nitrogens is 1. The number of hydrogen-bond donors (Lipinski definition) is 1. The third kappa shape index (κ3) is 8.78. The van der Waals surface area contributed by atoms with E-state index in [0.29, 0.717) is 44.1 Å². The van der Waals surface area contributed by atoms with Crippen LogP contribution in [-0.4, -0.2) is 41.0 Å². The number of fused-ring (bicyclic) bond motifs is 2. The van der Waals surface area contributed by atoms with Crippen molar-refractivity contribution in [2.75, 3.05) is 26.2 Å². The summed E-state index contributed by atoms with van der Waals surface area (Å²) in [6, 6.07) is 16.8. The molecule has 2 aromatic carbocycles. The monoisotopic (exact) mass is 564 g/mol. The first-order valence-corrected chi connectivity index (χ1v) is 13.5. The predicted molar refractivity (Wildman–Crippen MR) is 142 cm³/mol. The van der Waals surface area contributed by atoms with Crippen molar-refractivity contribution in [3.63, 3.8) is 0 Å². The molecular formula is C30H34F6N4. The van der Waals surface area contributed by atoms with E-state index in [2.05, 4.69) is 5.32 Å². The Morgan fingerprint density at radius 3 is 1.60 bits per heavy atom. The normalized spacial score (nSPS) is 17.2. The van der Waals surface area contributed by atoms with E-state index in [-0.39, 0.29) is 24.2 Å². The van der Waals surface area contributed by atoms with E-state index in [1.54, 1.807) is 12.1 Å². The van der Waals surface area contributed by atoms with Gasteiger partial charge in [-0.15, -0.1) is 0 Å². The van der Waals surface area contributed by atoms with Crippen molar-refractivity contribution >= 4 is 0 Å². The molecule has 0 saturated carbocycles. The molecule has 1 aliphatic heterocycles. The van der Waals surface area contributed by atoms with E-state index >= 15 is 0 Å². The van der Waals surface area contributed by atoms with Crippen molar-refractivity contribution in [1.29, 1.82) is 0 Å². The largest absolute Gasteiger partial charge is 0.416 e. The van der Waals surface area contributed by atoms with E-state index in [9.17, 15) is 26.3 Å². The minimum absolute atomic E-state index is 0.127. The van der Waals surface area contributed by atoms with Gasteiger partial charge in [-0.2, -0.15) is 26.3 Å². The van der Waals surface area contributed by atoms with E-state index in [1.807, 2.05) is 28.0 Å². The molecule has 4 nitrogen and oxygen atoms in total. The Labute approximate surface area is 231 Å². The standard InChI is InChI=1S/C30H34F6N4/c31-29(32,33)27-13-3-1-9-23(27)19-39-17-6-5-15-37-16-8-18-40(22-26-12-7-11-25(21-39)38-26)20-24-10-2-4-14-28(24)30(34,35)36/h1-4,7,9-14,37H,5-6,8,15-22H2. The summed E-state index contributed by atoms with van der Waals surface area (Å²) in [5, 5.41) is 3.39. The van der Waals surface area contributed by atoms with E-state index < -0.39 is 23.5 Å². The lowest BCUT2D eigenvalue weighted by atomic mass is 10.1. The van der Waals surface area contributed by atoms with Crippen LogP contribution < -0.4 is 5.32 Å². The highest BCUT2D eigenvalue weighted by atomic mass is 19.4. The summed E-state index contributed by atoms with van der Waals surface area (Å²) in [6.07, 6.45) is -6.46. The van der Waals surface area contributed by atoms with Gasteiger partial charge in [0.1, 0.15) is 0 Å². The van der Waals surface area contributed by atoms with Crippen LogP contribution in [0.25, 0.3) is 0 Å². The molecule has 0 spiro atoms. The lowest BCUT2D eigenvalue weighted by Crippen LogP contribution is -2.28. The first-order chi connectivity index (χ1) is 19.1. The Morgan fingerprint density at radius 1 is 0.600 bits per heavy atom. The van der Waals surface area contributed by atoms with E-state index in [0.717, 1.165) is 37.9 Å². The van der Waals surface area contributed by atoms with Crippen molar-refractivity contribution in [3.05, 3.63) is 100 Å². The van der Waals surface area contributed by atoms with Gasteiger partial charge in [0, 0.05) is 32.7 Å². The maximum absolute atomic E-state index is 13.6. The molecule has 1 N–H and O–H groups in total. The number of alkyl halides is 6. The van der Waals surface area contributed by atoms with Gasteiger partial charge < -0.3 is 5.32 Å². The Bertz CT molecular complexity index is 1140. The van der Waals surface area contributed by atoms with Gasteiger partial charge in [0.25, 0.3) is 0 Å². The summed E-state index contributed by atoms with van der Waals surface area (Å²) in [5.41, 5.74) is 0.582. The van der Waals surface area contributed by atoms with Crippen LogP contribution in [0.4, 0.5) is 26.3 Å². The number of nitrogens with zero attached hydrogens (tertiary/aromatic N) is 3. The average molecular weight is 565 g/mol. The van der Waals surface area contributed by atoms with Gasteiger partial charge in [0.05, 0.1) is 22.5 Å². The summed E-state index contributed by atoms with van der Waals surface area (Å²) >= 11 is 0. The smallest absolute Gasteiger partial charge is 0.317 e. The Kier molecular flexibility index (Phi) is 10.2. The molecule has 0 unspecified atom stereocenters. The molecule has 40 heavy (non-hydrogen) atoms. The molecule has 1 aromatic heterocycles. The second kappa shape index (κ2) is 13.6. The predicted octanol–water partition coefficient (Wildman–Crippen LogP) is 6.90. The molecule has 3 aromatic rings. The molecule has 4 rings (SSSR count). The first-order valence-electron chi connectivity index (χ1n) is 13.5. The molecule has 2 bridgehead atoms. The van der Waals surface area contributed by atoms with Crippen molar-refractivity contribution in [2.45, 2.75) is 57.8 Å². The van der Waals surface area contributed by atoms with Gasteiger partial charge >= 0.3 is 12.4 Å². The number of halogens is 6. The second-order valence-corrected chi connectivity index (χ2v) is 10.2. The molecule has 0 radical (unpaired) electrons. The van der Waals surface area contributed by atoms with Gasteiger partial charge in [0.2, 0.25) is 0 Å². The first kappa shape index (κ1) is 30.0. The van der Waals surface area contributed by atoms with Crippen LogP contribution >= 0.6 is 0 Å². The zero-order valence-electron chi connectivity index (χ0n) is 22.2. The highest BCUT2D eigenvalue weighted by Gasteiger charge is 2.34. The highest BCUT2D eigenvalue weighted by molar-refractivity contribution is 5.30. The molecule has 2 heterocycles. The lowest BCUT2D eigenvalue weighted by molar-refractivity contribution is -0.139. The number of hydrogen-bond acceptors (Lipinski definition) is 4. The zero-order valence-corrected chi connectivity index (χ0v) is 22.2. The fourth-order valence-corrected chi connectivity index (χ4v) is 5.08. The highest BCUT2D eigenvalue weighted by Crippen LogP contribution is 2.33. The van der Waals surface area contributed by atoms with Crippen molar-refractivity contribution in [2.24, 2.45) is 0 Å². The molecule has 0 saturated heterocycles. The fraction of sp³-hybridized carbons (Fsp3) is 0.433. The third-order valence-electron chi connectivity index (χ3n) is 6.97. The molecule has 0 fully saturated rings. The molecular weight excluding hydrogens is 530 g/mol. The molecule has 0 aliphatic carbocycles. The van der Waals surface area contributed by atoms with Gasteiger partial charge in [0.15, 0.2) is 0 Å². The molecule has 0 atom stereocenters. The maximum Gasteiger partial charge on any atom is 0.416 e. The average Bonchev–Trinajstić information content (AvgIpc) is 2.89. The Morgan fingerprint density at radius 2 is 1.07 bits per heavy atom. The van der Waals surface area contributed by atoms with Crippen LogP contribution in [0.5, 0.6) is 0 Å². The van der Waals surface area contributed by atoms with Crippen molar-refractivity contribution in [1.82, 2.24) is 20.1 Å². The van der Waals surface area contributed by atoms with Crippen LogP contribution in [-0.2, 0) is 38.5 Å². The summed E-state index contributed by atoms with van der Waals surface area (Å²) in [7, 11) is 0. The van der Waals surface area contributed by atoms with Crippen LogP contribution in [0.2, 0.25) is 0 Å². The van der Waals surface area contributed by atoms with Crippen LogP contribution in [0.3, 0.4) is 0 Å². The van der Waals surface area contributed by atoms with Crippen molar-refractivity contribution < 1.29 is 26.3 Å². The van der Waals surface area contributed by atoms with Gasteiger partial charge in [-0.1, -0.05) is 42.5 Å². The topological polar surface area (TPSA) is 31.4 Å². The quantitative estimate of drug-likeness (QED) is 0.350. The van der Waals surface area contributed by atoms with E-state index in [4.69, 9.17) is 4.98 Å². The van der Waals surface area contributed by atoms with Crippen LogP contribution in [0.15, 0.2) is 66.7 Å². The fourth-order valence-electron chi connectivity index (χ4n) is 5.08. The Hall–Kier alpha value is -2.95. The molecule has 1 aliphatic rings. The lowest BCUT2D eigenvalue weighted by Gasteiger charge is -2.25. The summed E-state index contributed by atoms with van der Waals surface area (Å²) < 4.78 is 81.8. The SMILES string of the molecule is FC(F)(F)c1ccccc1CN1CCCCNCCCN(Cc2ccccc2C(F)(F)F)Cc2cccc(n2)C1. The number of nitrogens with one attached hydrogen (secondary N) is 1. The zero-order chi connectivity index (χ0) is 28.6. The maximum atomic E-state index is 13.6. The number of rotatable bonds is 4. The molecule has 216 valence electrons. The minimum Gasteiger partial charge on any atom is -0.317 e. The van der Waals surface area contributed by atoms with Crippen LogP contribution in [0.1, 0.15) is 52.9 Å². The van der Waals surface area contributed by atoms with Crippen LogP contribution in [0, 0.1) is 0 Å². The summed E-state index contributed by atoms with van der Waals surface area (Å²) in [6.45, 7) is 3.66. The molecule has 10 heteroatoms. The number of pyridine rings is 1. The Balaban J connectivity index is 1.56. The molecule has 0 amide bonds. The number of benzene rings is 2. The van der Waals surface area contributed by atoms with Crippen molar-refractivity contribution in [3.8, 4) is 0 Å². The van der Waals surface area contributed by atoms with Gasteiger partial charge in [-0.05, 0) is 74.3 Å². The third-order valence-corrected chi connectivity index (χ3v) is 6.97. The second-order valence-electron chi connectivity index (χ2n) is 10.2. The minimum atomic E-state index is -4.44. The summed E-state index contributed by atoms with van der Waals surface area (Å²) in [4.78, 5) is 8.71. The van der Waals surface area contributed by atoms with E-state index in [1.165, 1.54) is 24.3 Å². The van der Waals surface area contributed by atoms with Gasteiger partial charge in [-0.25, -0.2) is 0 Å². The van der Waals surface area contributed by atoms with Gasteiger partial charge in [-0.3, -0.25) is 14.8 Å². The summed E-state index contributed by atoms with van der Waals surface area (Å²) in [5.74, 6) is 0.